The first-order chi connectivity index (χ1) is 11.1. The van der Waals surface area contributed by atoms with Crippen molar-refractivity contribution < 1.29 is 37.9 Å². The average Bonchev–Trinajstić information content (AvgIpc) is 2.98. The van der Waals surface area contributed by atoms with Crippen LogP contribution < -0.4 is 28.5 Å². The molecule has 2 heterocycles. The third kappa shape index (κ3) is 3.55. The summed E-state index contributed by atoms with van der Waals surface area (Å²) in [6.45, 7) is 4.98. The van der Waals surface area contributed by atoms with Crippen molar-refractivity contribution in [3.63, 3.8) is 0 Å². The van der Waals surface area contributed by atoms with Gasteiger partial charge >= 0.3 is 0 Å². The van der Waals surface area contributed by atoms with E-state index in [4.69, 9.17) is 4.42 Å². The highest BCUT2D eigenvalue weighted by atomic mass is 127. The Kier molecular flexibility index (Phi) is 5.87. The molecule has 0 aliphatic carbocycles. The van der Waals surface area contributed by atoms with Gasteiger partial charge in [0, 0.05) is 30.2 Å². The van der Waals surface area contributed by atoms with Gasteiger partial charge in [-0.15, -0.1) is 0 Å². The molecular formula is C17H18IN3O3. The smallest absolute Gasteiger partial charge is 0.272 e. The molecule has 0 fully saturated rings. The third-order valence-electron chi connectivity index (χ3n) is 3.73. The predicted octanol–water partition coefficient (Wildman–Crippen LogP) is 0.667. The van der Waals surface area contributed by atoms with Gasteiger partial charge in [0.05, 0.1) is 4.92 Å². The van der Waals surface area contributed by atoms with Crippen LogP contribution in [0.15, 0.2) is 41.1 Å². The van der Waals surface area contributed by atoms with E-state index in [2.05, 4.69) is 16.5 Å². The summed E-state index contributed by atoms with van der Waals surface area (Å²) in [5.74, 6) is 0.487. The zero-order valence-corrected chi connectivity index (χ0v) is 15.7. The van der Waals surface area contributed by atoms with Crippen LogP contribution in [0.5, 0.6) is 0 Å². The van der Waals surface area contributed by atoms with E-state index in [1.807, 2.05) is 31.5 Å². The summed E-state index contributed by atoms with van der Waals surface area (Å²) in [6.07, 6.45) is 5.66. The molecule has 0 N–H and O–H groups in total. The second-order valence-electron chi connectivity index (χ2n) is 5.41. The van der Waals surface area contributed by atoms with E-state index in [1.165, 1.54) is 6.07 Å². The highest BCUT2D eigenvalue weighted by Crippen LogP contribution is 2.30. The molecule has 0 saturated carbocycles. The monoisotopic (exact) mass is 439 g/mol. The van der Waals surface area contributed by atoms with Crippen molar-refractivity contribution in [3.8, 4) is 11.5 Å². The lowest BCUT2D eigenvalue weighted by molar-refractivity contribution is -0.696. The van der Waals surface area contributed by atoms with E-state index >= 15 is 0 Å². The van der Waals surface area contributed by atoms with Crippen LogP contribution in [0.3, 0.4) is 0 Å². The Balaban J connectivity index is 0.00000208. The maximum absolute atomic E-state index is 11.0. The van der Waals surface area contributed by atoms with Gasteiger partial charge in [0.25, 0.3) is 5.69 Å². The molecular weight excluding hydrogens is 421 g/mol. The van der Waals surface area contributed by atoms with Gasteiger partial charge < -0.3 is 28.4 Å². The van der Waals surface area contributed by atoms with Crippen LogP contribution in [0.2, 0.25) is 0 Å². The minimum absolute atomic E-state index is 0. The molecule has 3 rings (SSSR count). The highest BCUT2D eigenvalue weighted by Gasteiger charge is 2.18. The van der Waals surface area contributed by atoms with Crippen molar-refractivity contribution in [3.05, 3.63) is 52.3 Å². The highest BCUT2D eigenvalue weighted by molar-refractivity contribution is 5.81. The van der Waals surface area contributed by atoms with E-state index in [9.17, 15) is 10.1 Å². The molecule has 0 saturated heterocycles. The van der Waals surface area contributed by atoms with E-state index in [-0.39, 0.29) is 29.7 Å². The van der Waals surface area contributed by atoms with Gasteiger partial charge in [0.2, 0.25) is 5.89 Å². The van der Waals surface area contributed by atoms with Gasteiger partial charge in [-0.1, -0.05) is 13.8 Å². The van der Waals surface area contributed by atoms with Crippen molar-refractivity contribution in [1.29, 1.82) is 0 Å². The van der Waals surface area contributed by atoms with Crippen LogP contribution in [-0.2, 0) is 13.0 Å². The standard InChI is InChI=1S/C17H18N3O3.HI/c1-3-7-19-8-5-6-13(11-19)17-18-15-10-14(20(21)22)9-12(4-2)16(15)23-17;/h5-6,8-11H,3-4,7H2,1-2H3;1H/q+1;/p-1. The second-order valence-corrected chi connectivity index (χ2v) is 5.41. The number of nitro benzene ring substituents is 1. The van der Waals surface area contributed by atoms with Crippen LogP contribution in [0.25, 0.3) is 22.6 Å². The minimum Gasteiger partial charge on any atom is -1.00 e. The van der Waals surface area contributed by atoms with Crippen molar-refractivity contribution >= 4 is 16.8 Å². The quantitative estimate of drug-likeness (QED) is 0.254. The van der Waals surface area contributed by atoms with Crippen molar-refractivity contribution in [2.75, 3.05) is 0 Å². The van der Waals surface area contributed by atoms with Crippen LogP contribution in [0.4, 0.5) is 5.69 Å². The molecule has 24 heavy (non-hydrogen) atoms. The fourth-order valence-electron chi connectivity index (χ4n) is 2.62. The number of benzene rings is 1. The molecule has 0 amide bonds. The summed E-state index contributed by atoms with van der Waals surface area (Å²) in [5, 5.41) is 11.0. The molecule has 0 aliphatic heterocycles. The largest absolute Gasteiger partial charge is 1.00 e. The number of halogens is 1. The molecule has 0 unspecified atom stereocenters. The SMILES string of the molecule is CCC[n+]1cccc(-c2nc3cc([N+](=O)[O-])cc(CC)c3o2)c1.[I-]. The van der Waals surface area contributed by atoms with Crippen LogP contribution in [0.1, 0.15) is 25.8 Å². The van der Waals surface area contributed by atoms with Gasteiger partial charge in [-0.2, -0.15) is 0 Å². The molecule has 3 aromatic rings. The summed E-state index contributed by atoms with van der Waals surface area (Å²) in [7, 11) is 0. The van der Waals surface area contributed by atoms with Gasteiger partial charge in [0.1, 0.15) is 17.6 Å². The average molecular weight is 439 g/mol. The Labute approximate surface area is 156 Å². The van der Waals surface area contributed by atoms with Crippen LogP contribution in [0, 0.1) is 10.1 Å². The van der Waals surface area contributed by atoms with Crippen molar-refractivity contribution in [1.82, 2.24) is 4.98 Å². The lowest BCUT2D eigenvalue weighted by atomic mass is 10.1. The molecule has 0 atom stereocenters. The number of oxazole rings is 1. The second kappa shape index (κ2) is 7.69. The van der Waals surface area contributed by atoms with Gasteiger partial charge in [-0.25, -0.2) is 9.55 Å². The molecule has 0 bridgehead atoms. The summed E-state index contributed by atoms with van der Waals surface area (Å²) < 4.78 is 7.97. The number of non-ortho nitro benzene ring substituents is 1. The molecule has 2 aromatic heterocycles. The number of fused-ring (bicyclic) bond motifs is 1. The van der Waals surface area contributed by atoms with Crippen molar-refractivity contribution in [2.24, 2.45) is 0 Å². The number of nitro groups is 1. The summed E-state index contributed by atoms with van der Waals surface area (Å²) >= 11 is 0. The molecule has 126 valence electrons. The minimum atomic E-state index is -0.398. The normalized spacial score (nSPS) is 10.6. The van der Waals surface area contributed by atoms with Crippen LogP contribution in [-0.4, -0.2) is 9.91 Å². The number of nitrogens with zero attached hydrogens (tertiary/aromatic N) is 3. The van der Waals surface area contributed by atoms with E-state index in [0.29, 0.717) is 23.4 Å². The van der Waals surface area contributed by atoms with E-state index < -0.39 is 4.92 Å². The van der Waals surface area contributed by atoms with Gasteiger partial charge in [-0.3, -0.25) is 10.1 Å². The Hall–Kier alpha value is -2.03. The van der Waals surface area contributed by atoms with E-state index in [1.54, 1.807) is 6.07 Å². The summed E-state index contributed by atoms with van der Waals surface area (Å²) in [6, 6.07) is 6.89. The first-order valence-electron chi connectivity index (χ1n) is 7.69. The molecule has 0 radical (unpaired) electrons. The van der Waals surface area contributed by atoms with Crippen molar-refractivity contribution in [2.45, 2.75) is 33.2 Å². The lowest BCUT2D eigenvalue weighted by Crippen LogP contribution is -3.00. The Bertz CT molecular complexity index is 877. The van der Waals surface area contributed by atoms with E-state index in [0.717, 1.165) is 24.1 Å². The topological polar surface area (TPSA) is 73.0 Å². The van der Waals surface area contributed by atoms with Gasteiger partial charge in [0.15, 0.2) is 18.0 Å². The molecule has 0 aliphatic rings. The number of rotatable bonds is 5. The zero-order chi connectivity index (χ0) is 16.4. The number of hydrogen-bond acceptors (Lipinski definition) is 4. The molecule has 0 spiro atoms. The fraction of sp³-hybridized carbons (Fsp3) is 0.294. The summed E-state index contributed by atoms with van der Waals surface area (Å²) in [5.41, 5.74) is 2.85. The Morgan fingerprint density at radius 2 is 2.12 bits per heavy atom. The Morgan fingerprint density at radius 1 is 1.33 bits per heavy atom. The van der Waals surface area contributed by atoms with Crippen LogP contribution >= 0.6 is 0 Å². The molecule has 6 nitrogen and oxygen atoms in total. The maximum atomic E-state index is 11.0. The first kappa shape index (κ1) is 18.3. The van der Waals surface area contributed by atoms with Gasteiger partial charge in [-0.05, 0) is 12.5 Å². The fourth-order valence-corrected chi connectivity index (χ4v) is 2.62. The lowest BCUT2D eigenvalue weighted by Gasteiger charge is -1.97. The number of aryl methyl sites for hydroxylation is 2. The first-order valence-corrected chi connectivity index (χ1v) is 7.69. The third-order valence-corrected chi connectivity index (χ3v) is 3.73. The molecule has 1 aromatic carbocycles. The summed E-state index contributed by atoms with van der Waals surface area (Å²) in [4.78, 5) is 15.1. The zero-order valence-electron chi connectivity index (χ0n) is 13.5. The Morgan fingerprint density at radius 3 is 2.79 bits per heavy atom. The number of hydrogen-bond donors (Lipinski definition) is 0. The number of pyridine rings is 1. The molecule has 7 heteroatoms. The predicted molar refractivity (Wildman–Crippen MR) is 86.0 cm³/mol. The maximum Gasteiger partial charge on any atom is 0.272 e. The number of aromatic nitrogens is 2.